The smallest absolute Gasteiger partial charge is 0.374 e. The van der Waals surface area contributed by atoms with Crippen LogP contribution in [0.3, 0.4) is 0 Å². The Morgan fingerprint density at radius 3 is 2.90 bits per heavy atom. The molecule has 8 heteroatoms. The van der Waals surface area contributed by atoms with E-state index in [2.05, 4.69) is 0 Å². The van der Waals surface area contributed by atoms with Crippen LogP contribution in [-0.2, 0) is 14.8 Å². The monoisotopic (exact) mass is 302 g/mol. The summed E-state index contributed by atoms with van der Waals surface area (Å²) in [6.07, 6.45) is 0.737. The van der Waals surface area contributed by atoms with Gasteiger partial charge in [0.15, 0.2) is 0 Å². The number of esters is 1. The fourth-order valence-corrected chi connectivity index (χ4v) is 3.55. The molecule has 0 amide bonds. The van der Waals surface area contributed by atoms with Crippen LogP contribution in [0.2, 0.25) is 0 Å². The van der Waals surface area contributed by atoms with Gasteiger partial charge < -0.3 is 14.9 Å². The summed E-state index contributed by atoms with van der Waals surface area (Å²) in [5.74, 6) is -0.612. The molecular weight excluding hydrogens is 284 g/mol. The molecule has 7 nitrogen and oxygen atoms in total. The molecule has 1 aromatic rings. The molecule has 1 fully saturated rings. The zero-order valence-corrected chi connectivity index (χ0v) is 12.1. The molecule has 1 unspecified atom stereocenters. The van der Waals surface area contributed by atoms with Crippen molar-refractivity contribution in [1.29, 1.82) is 0 Å². The van der Waals surface area contributed by atoms with Gasteiger partial charge in [-0.3, -0.25) is 0 Å². The highest BCUT2D eigenvalue weighted by atomic mass is 32.2. The Morgan fingerprint density at radius 2 is 2.30 bits per heavy atom. The summed E-state index contributed by atoms with van der Waals surface area (Å²) in [6.45, 7) is 3.12. The fourth-order valence-electron chi connectivity index (χ4n) is 2.11. The first-order valence-corrected chi connectivity index (χ1v) is 7.90. The molecule has 0 aliphatic carbocycles. The van der Waals surface area contributed by atoms with Gasteiger partial charge in [-0.25, -0.2) is 13.2 Å². The maximum absolute atomic E-state index is 12.3. The van der Waals surface area contributed by atoms with E-state index < -0.39 is 16.0 Å². The summed E-state index contributed by atoms with van der Waals surface area (Å²) in [7, 11) is -3.71. The van der Waals surface area contributed by atoms with E-state index in [-0.39, 0.29) is 23.4 Å². The number of ether oxygens (including phenoxy) is 1. The normalized spacial score (nSPS) is 20.2. The molecule has 20 heavy (non-hydrogen) atoms. The standard InChI is InChI=1S/C12H18N2O5S/c1-2-18-12(15)10-3-4-11(19-10)20(16,17)14-6-5-9(7-13)8-14/h3-4,9H,2,5-8,13H2,1H3. The summed E-state index contributed by atoms with van der Waals surface area (Å²) < 4.78 is 35.9. The largest absolute Gasteiger partial charge is 0.460 e. The van der Waals surface area contributed by atoms with Crippen LogP contribution in [-0.4, -0.2) is 44.9 Å². The first-order valence-electron chi connectivity index (χ1n) is 6.46. The summed E-state index contributed by atoms with van der Waals surface area (Å²) in [4.78, 5) is 11.5. The number of rotatable bonds is 5. The average molecular weight is 302 g/mol. The van der Waals surface area contributed by atoms with Crippen molar-refractivity contribution in [2.75, 3.05) is 26.2 Å². The molecule has 0 bridgehead atoms. The first-order chi connectivity index (χ1) is 9.48. The minimum atomic E-state index is -3.71. The molecule has 112 valence electrons. The second kappa shape index (κ2) is 5.94. The van der Waals surface area contributed by atoms with Gasteiger partial charge in [-0.2, -0.15) is 4.31 Å². The Morgan fingerprint density at radius 1 is 1.55 bits per heavy atom. The number of hydrogen-bond acceptors (Lipinski definition) is 6. The second-order valence-corrected chi connectivity index (χ2v) is 6.46. The van der Waals surface area contributed by atoms with Gasteiger partial charge in [0, 0.05) is 13.1 Å². The van der Waals surface area contributed by atoms with Crippen molar-refractivity contribution in [1.82, 2.24) is 4.31 Å². The molecule has 1 saturated heterocycles. The maximum atomic E-state index is 12.3. The molecule has 1 aliphatic rings. The van der Waals surface area contributed by atoms with E-state index in [1.54, 1.807) is 6.92 Å². The van der Waals surface area contributed by atoms with Crippen LogP contribution in [0.15, 0.2) is 21.6 Å². The predicted molar refractivity (Wildman–Crippen MR) is 70.6 cm³/mol. The minimum Gasteiger partial charge on any atom is -0.460 e. The van der Waals surface area contributed by atoms with Crippen molar-refractivity contribution in [2.45, 2.75) is 18.4 Å². The number of carbonyl (C=O) groups excluding carboxylic acids is 1. The Balaban J connectivity index is 2.16. The number of nitrogens with two attached hydrogens (primary N) is 1. The van der Waals surface area contributed by atoms with Crippen molar-refractivity contribution >= 4 is 16.0 Å². The van der Waals surface area contributed by atoms with Gasteiger partial charge in [0.25, 0.3) is 10.0 Å². The van der Waals surface area contributed by atoms with E-state index in [0.717, 1.165) is 6.42 Å². The van der Waals surface area contributed by atoms with Crippen molar-refractivity contribution in [3.63, 3.8) is 0 Å². The van der Waals surface area contributed by atoms with Crippen LogP contribution in [0.5, 0.6) is 0 Å². The summed E-state index contributed by atoms with van der Waals surface area (Å²) >= 11 is 0. The van der Waals surface area contributed by atoms with Gasteiger partial charge in [-0.1, -0.05) is 0 Å². The molecule has 2 N–H and O–H groups in total. The average Bonchev–Trinajstić information content (AvgIpc) is 3.08. The SMILES string of the molecule is CCOC(=O)c1ccc(S(=O)(=O)N2CCC(CN)C2)o1. The molecule has 0 saturated carbocycles. The van der Waals surface area contributed by atoms with Gasteiger partial charge in [0.05, 0.1) is 6.61 Å². The second-order valence-electron chi connectivity index (χ2n) is 4.59. The van der Waals surface area contributed by atoms with E-state index >= 15 is 0 Å². The molecule has 0 aromatic carbocycles. The highest BCUT2D eigenvalue weighted by Gasteiger charge is 2.34. The molecule has 2 heterocycles. The molecule has 1 aliphatic heterocycles. The Kier molecular flexibility index (Phi) is 4.46. The lowest BCUT2D eigenvalue weighted by Crippen LogP contribution is -2.29. The topological polar surface area (TPSA) is 103 Å². The van der Waals surface area contributed by atoms with Crippen LogP contribution >= 0.6 is 0 Å². The lowest BCUT2D eigenvalue weighted by Gasteiger charge is -2.14. The molecule has 0 spiro atoms. The van der Waals surface area contributed by atoms with Crippen molar-refractivity contribution in [3.05, 3.63) is 17.9 Å². The highest BCUT2D eigenvalue weighted by molar-refractivity contribution is 7.89. The fraction of sp³-hybridized carbons (Fsp3) is 0.583. The van der Waals surface area contributed by atoms with Crippen LogP contribution < -0.4 is 5.73 Å². The number of carbonyl (C=O) groups is 1. The maximum Gasteiger partial charge on any atom is 0.374 e. The summed E-state index contributed by atoms with van der Waals surface area (Å²) in [6, 6.07) is 2.58. The number of nitrogens with zero attached hydrogens (tertiary/aromatic N) is 1. The van der Waals surface area contributed by atoms with Gasteiger partial charge in [0.2, 0.25) is 10.9 Å². The third kappa shape index (κ3) is 2.87. The molecule has 1 atom stereocenters. The zero-order valence-electron chi connectivity index (χ0n) is 11.2. The molecular formula is C12H18N2O5S. The summed E-state index contributed by atoms with van der Waals surface area (Å²) in [5, 5.41) is -0.238. The lowest BCUT2D eigenvalue weighted by molar-refractivity contribution is 0.0484. The third-order valence-electron chi connectivity index (χ3n) is 3.23. The van der Waals surface area contributed by atoms with Gasteiger partial charge in [0.1, 0.15) is 0 Å². The molecule has 0 radical (unpaired) electrons. The van der Waals surface area contributed by atoms with E-state index in [1.807, 2.05) is 0 Å². The van der Waals surface area contributed by atoms with Crippen LogP contribution in [0.4, 0.5) is 0 Å². The van der Waals surface area contributed by atoms with Crippen molar-refractivity contribution in [3.8, 4) is 0 Å². The quantitative estimate of drug-likeness (QED) is 0.791. The number of furan rings is 1. The molecule has 2 rings (SSSR count). The minimum absolute atomic E-state index is 0.111. The first kappa shape index (κ1) is 15.0. The van der Waals surface area contributed by atoms with Crippen molar-refractivity contribution < 1.29 is 22.4 Å². The van der Waals surface area contributed by atoms with Crippen LogP contribution in [0.1, 0.15) is 23.9 Å². The van der Waals surface area contributed by atoms with Gasteiger partial charge in [-0.15, -0.1) is 0 Å². The Hall–Kier alpha value is -1.38. The zero-order chi connectivity index (χ0) is 14.8. The Labute approximate surface area is 117 Å². The van der Waals surface area contributed by atoms with Crippen LogP contribution in [0.25, 0.3) is 0 Å². The van der Waals surface area contributed by atoms with E-state index in [4.69, 9.17) is 14.9 Å². The van der Waals surface area contributed by atoms with E-state index in [9.17, 15) is 13.2 Å². The number of hydrogen-bond donors (Lipinski definition) is 1. The van der Waals surface area contributed by atoms with Crippen molar-refractivity contribution in [2.24, 2.45) is 11.7 Å². The highest BCUT2D eigenvalue weighted by Crippen LogP contribution is 2.25. The van der Waals surface area contributed by atoms with Gasteiger partial charge >= 0.3 is 5.97 Å². The van der Waals surface area contributed by atoms with E-state index in [0.29, 0.717) is 19.6 Å². The van der Waals surface area contributed by atoms with Crippen LogP contribution in [0, 0.1) is 5.92 Å². The summed E-state index contributed by atoms with van der Waals surface area (Å²) in [5.41, 5.74) is 5.55. The number of sulfonamides is 1. The Bertz CT molecular complexity index is 580. The van der Waals surface area contributed by atoms with E-state index in [1.165, 1.54) is 16.4 Å². The molecule has 1 aromatic heterocycles. The lowest BCUT2D eigenvalue weighted by atomic mass is 10.1. The predicted octanol–water partition coefficient (Wildman–Crippen LogP) is 0.426. The van der Waals surface area contributed by atoms with Gasteiger partial charge in [-0.05, 0) is 37.9 Å². The third-order valence-corrected chi connectivity index (χ3v) is 4.97.